The lowest BCUT2D eigenvalue weighted by Crippen LogP contribution is -2.26. The van der Waals surface area contributed by atoms with E-state index in [1.165, 1.54) is 13.0 Å². The minimum absolute atomic E-state index is 0.421. The van der Waals surface area contributed by atoms with E-state index in [4.69, 9.17) is 5.26 Å². The maximum atomic E-state index is 8.40. The Kier molecular flexibility index (Phi) is 3.18. The van der Waals surface area contributed by atoms with Gasteiger partial charge in [0.15, 0.2) is 6.19 Å². The van der Waals surface area contributed by atoms with Gasteiger partial charge in [-0.3, -0.25) is 0 Å². The molecule has 0 aromatic heterocycles. The van der Waals surface area contributed by atoms with Crippen LogP contribution in [-0.2, 0) is 0 Å². The van der Waals surface area contributed by atoms with Gasteiger partial charge in [0.05, 0.1) is 0 Å². The van der Waals surface area contributed by atoms with Crippen LogP contribution < -0.4 is 5.32 Å². The van der Waals surface area contributed by atoms with Crippen molar-refractivity contribution in [1.29, 1.82) is 5.26 Å². The number of nitrogens with one attached hydrogen (secondary N) is 1. The predicted octanol–water partition coefficient (Wildman–Crippen LogP) is 0.541. The molecule has 0 spiro atoms. The van der Waals surface area contributed by atoms with Gasteiger partial charge in [0, 0.05) is 6.04 Å². The molecule has 11 heavy (non-hydrogen) atoms. The highest BCUT2D eigenvalue weighted by Crippen LogP contribution is 2.08. The van der Waals surface area contributed by atoms with Gasteiger partial charge in [-0.15, -0.1) is 0 Å². The molecule has 1 saturated heterocycles. The number of rotatable bonds is 1. The van der Waals surface area contributed by atoms with Gasteiger partial charge in [-0.05, 0) is 39.4 Å². The molecule has 1 atom stereocenters. The molecule has 1 fully saturated rings. The lowest BCUT2D eigenvalue weighted by molar-refractivity contribution is 0.346. The van der Waals surface area contributed by atoms with Crippen molar-refractivity contribution >= 4 is 0 Å². The lowest BCUT2D eigenvalue weighted by atomic mass is 10.1. The summed E-state index contributed by atoms with van der Waals surface area (Å²) >= 11 is 0. The Morgan fingerprint density at radius 2 is 2.27 bits per heavy atom. The third-order valence-electron chi connectivity index (χ3n) is 2.22. The molecule has 1 heterocycles. The largest absolute Gasteiger partial charge is 0.321 e. The highest BCUT2D eigenvalue weighted by atomic mass is 15.1. The second kappa shape index (κ2) is 4.20. The second-order valence-corrected chi connectivity index (χ2v) is 3.19. The Bertz CT molecular complexity index is 150. The van der Waals surface area contributed by atoms with Gasteiger partial charge in [0.1, 0.15) is 0 Å². The third kappa shape index (κ3) is 2.77. The minimum atomic E-state index is 0.421. The van der Waals surface area contributed by atoms with Gasteiger partial charge >= 0.3 is 0 Å². The predicted molar refractivity (Wildman–Crippen MR) is 43.9 cm³/mol. The maximum Gasteiger partial charge on any atom is 0.176 e. The molecule has 3 heteroatoms. The van der Waals surface area contributed by atoms with Gasteiger partial charge < -0.3 is 10.2 Å². The first-order valence-corrected chi connectivity index (χ1v) is 4.16. The summed E-state index contributed by atoms with van der Waals surface area (Å²) in [7, 11) is 2.13. The molecule has 0 aromatic carbocycles. The van der Waals surface area contributed by atoms with Crippen LogP contribution in [0.4, 0.5) is 0 Å². The fourth-order valence-electron chi connectivity index (χ4n) is 1.48. The number of likely N-dealkylation sites (tertiary alicyclic amines) is 1. The smallest absolute Gasteiger partial charge is 0.176 e. The summed E-state index contributed by atoms with van der Waals surface area (Å²) in [5, 5.41) is 11.2. The Balaban J connectivity index is 2.29. The lowest BCUT2D eigenvalue weighted by Gasteiger charge is -2.12. The topological polar surface area (TPSA) is 39.1 Å². The van der Waals surface area contributed by atoms with Crippen molar-refractivity contribution in [3.8, 4) is 6.19 Å². The van der Waals surface area contributed by atoms with E-state index in [1.54, 1.807) is 0 Å². The molecule has 3 nitrogen and oxygen atoms in total. The molecule has 1 aliphatic rings. The average molecular weight is 153 g/mol. The molecule has 0 aromatic rings. The Morgan fingerprint density at radius 3 is 3.00 bits per heavy atom. The van der Waals surface area contributed by atoms with Gasteiger partial charge in [0.25, 0.3) is 0 Å². The van der Waals surface area contributed by atoms with Crippen molar-refractivity contribution in [1.82, 2.24) is 10.2 Å². The molecule has 62 valence electrons. The van der Waals surface area contributed by atoms with Crippen LogP contribution >= 0.6 is 0 Å². The number of nitriles is 1. The van der Waals surface area contributed by atoms with Crippen molar-refractivity contribution in [2.24, 2.45) is 0 Å². The summed E-state index contributed by atoms with van der Waals surface area (Å²) in [5.74, 6) is 0. The van der Waals surface area contributed by atoms with Crippen LogP contribution in [0.5, 0.6) is 0 Å². The number of hydrogen-bond acceptors (Lipinski definition) is 3. The fourth-order valence-corrected chi connectivity index (χ4v) is 1.48. The van der Waals surface area contributed by atoms with E-state index in [2.05, 4.69) is 17.3 Å². The van der Waals surface area contributed by atoms with E-state index < -0.39 is 0 Å². The first-order valence-electron chi connectivity index (χ1n) is 4.16. The van der Waals surface area contributed by atoms with E-state index in [0.717, 1.165) is 19.4 Å². The summed E-state index contributed by atoms with van der Waals surface area (Å²) in [6.07, 6.45) is 5.45. The normalized spacial score (nSPS) is 27.1. The third-order valence-corrected chi connectivity index (χ3v) is 2.22. The molecular formula is C8H15N3. The van der Waals surface area contributed by atoms with E-state index >= 15 is 0 Å². The molecule has 0 saturated carbocycles. The molecular weight excluding hydrogens is 138 g/mol. The summed E-state index contributed by atoms with van der Waals surface area (Å²) in [6.45, 7) is 2.28. The molecule has 0 bridgehead atoms. The second-order valence-electron chi connectivity index (χ2n) is 3.19. The molecule has 0 aliphatic carbocycles. The zero-order valence-corrected chi connectivity index (χ0v) is 7.01. The summed E-state index contributed by atoms with van der Waals surface area (Å²) in [6, 6.07) is 0.421. The first-order chi connectivity index (χ1) is 5.33. The van der Waals surface area contributed by atoms with E-state index in [9.17, 15) is 0 Å². The Morgan fingerprint density at radius 1 is 1.45 bits per heavy atom. The molecule has 1 rings (SSSR count). The number of nitrogens with zero attached hydrogens (tertiary/aromatic N) is 2. The fraction of sp³-hybridized carbons (Fsp3) is 0.875. The van der Waals surface area contributed by atoms with Crippen molar-refractivity contribution in [2.75, 3.05) is 20.1 Å². The van der Waals surface area contributed by atoms with Crippen molar-refractivity contribution in [3.63, 3.8) is 0 Å². The SMILES string of the molecule is CN1CCCC(NC#N)CC1. The van der Waals surface area contributed by atoms with Crippen LogP contribution in [0.3, 0.4) is 0 Å². The maximum absolute atomic E-state index is 8.40. The van der Waals surface area contributed by atoms with Gasteiger partial charge in [-0.2, -0.15) is 5.26 Å². The number of hydrogen-bond donors (Lipinski definition) is 1. The van der Waals surface area contributed by atoms with Crippen LogP contribution in [-0.4, -0.2) is 31.1 Å². The molecule has 1 unspecified atom stereocenters. The van der Waals surface area contributed by atoms with Crippen LogP contribution in [0.25, 0.3) is 0 Å². The average Bonchev–Trinajstić information content (AvgIpc) is 2.17. The highest BCUT2D eigenvalue weighted by molar-refractivity contribution is 4.79. The van der Waals surface area contributed by atoms with Gasteiger partial charge in [0.2, 0.25) is 0 Å². The van der Waals surface area contributed by atoms with Crippen LogP contribution in [0, 0.1) is 11.5 Å². The Hall–Kier alpha value is -0.750. The van der Waals surface area contributed by atoms with Crippen molar-refractivity contribution in [2.45, 2.75) is 25.3 Å². The first kappa shape index (κ1) is 8.35. The zero-order valence-electron chi connectivity index (χ0n) is 7.01. The van der Waals surface area contributed by atoms with Crippen molar-refractivity contribution in [3.05, 3.63) is 0 Å². The zero-order chi connectivity index (χ0) is 8.10. The van der Waals surface area contributed by atoms with Crippen molar-refractivity contribution < 1.29 is 0 Å². The monoisotopic (exact) mass is 153 g/mol. The summed E-state index contributed by atoms with van der Waals surface area (Å²) < 4.78 is 0. The Labute approximate surface area is 68.0 Å². The molecule has 0 amide bonds. The van der Waals surface area contributed by atoms with E-state index in [0.29, 0.717) is 6.04 Å². The van der Waals surface area contributed by atoms with Crippen LogP contribution in [0.2, 0.25) is 0 Å². The van der Waals surface area contributed by atoms with E-state index in [-0.39, 0.29) is 0 Å². The molecule has 0 radical (unpaired) electrons. The molecule has 1 aliphatic heterocycles. The quantitative estimate of drug-likeness (QED) is 0.441. The van der Waals surface area contributed by atoms with Gasteiger partial charge in [-0.1, -0.05) is 0 Å². The highest BCUT2D eigenvalue weighted by Gasteiger charge is 2.12. The standard InChI is InChI=1S/C8H15N3/c1-11-5-2-3-8(4-6-11)10-7-9/h8,10H,2-6H2,1H3. The van der Waals surface area contributed by atoms with Crippen LogP contribution in [0.1, 0.15) is 19.3 Å². The summed E-state index contributed by atoms with van der Waals surface area (Å²) in [4.78, 5) is 2.32. The van der Waals surface area contributed by atoms with Gasteiger partial charge in [-0.25, -0.2) is 0 Å². The van der Waals surface area contributed by atoms with Crippen LogP contribution in [0.15, 0.2) is 0 Å². The summed E-state index contributed by atoms with van der Waals surface area (Å²) in [5.41, 5.74) is 0. The minimum Gasteiger partial charge on any atom is -0.321 e. The van der Waals surface area contributed by atoms with E-state index in [1.807, 2.05) is 6.19 Å². The molecule has 1 N–H and O–H groups in total.